The Hall–Kier alpha value is -2.30. The SMILES string of the molecule is CC(C)Cc1cc(C(=O)N[C@H]2COc3ccccc3C2)on1. The fraction of sp³-hybridized carbons (Fsp3) is 0.412. The molecule has 116 valence electrons. The number of benzene rings is 1. The molecular formula is C17H20N2O3. The Bertz CT molecular complexity index is 663. The highest BCUT2D eigenvalue weighted by atomic mass is 16.5. The topological polar surface area (TPSA) is 64.4 Å². The van der Waals surface area contributed by atoms with Crippen molar-refractivity contribution >= 4 is 5.91 Å². The second-order valence-electron chi connectivity index (χ2n) is 6.07. The third-order valence-corrected chi connectivity index (χ3v) is 3.61. The molecule has 3 rings (SSSR count). The summed E-state index contributed by atoms with van der Waals surface area (Å²) >= 11 is 0. The van der Waals surface area contributed by atoms with Gasteiger partial charge in [0.25, 0.3) is 5.91 Å². The van der Waals surface area contributed by atoms with E-state index in [4.69, 9.17) is 9.26 Å². The Balaban J connectivity index is 1.62. The molecule has 2 aromatic rings. The van der Waals surface area contributed by atoms with Gasteiger partial charge in [0.1, 0.15) is 12.4 Å². The number of para-hydroxylation sites is 1. The molecule has 0 aliphatic carbocycles. The van der Waals surface area contributed by atoms with Crippen molar-refractivity contribution in [3.8, 4) is 5.75 Å². The van der Waals surface area contributed by atoms with Crippen LogP contribution in [-0.2, 0) is 12.8 Å². The predicted octanol–water partition coefficient (Wildman–Crippen LogP) is 2.61. The largest absolute Gasteiger partial charge is 0.491 e. The van der Waals surface area contributed by atoms with E-state index < -0.39 is 0 Å². The highest BCUT2D eigenvalue weighted by Gasteiger charge is 2.23. The minimum absolute atomic E-state index is 0.0546. The van der Waals surface area contributed by atoms with E-state index in [0.717, 1.165) is 29.8 Å². The molecule has 1 atom stereocenters. The Morgan fingerprint density at radius 3 is 3.05 bits per heavy atom. The van der Waals surface area contributed by atoms with Crippen LogP contribution in [0.3, 0.4) is 0 Å². The lowest BCUT2D eigenvalue weighted by Gasteiger charge is -2.25. The molecule has 1 amide bonds. The van der Waals surface area contributed by atoms with E-state index >= 15 is 0 Å². The molecule has 0 saturated heterocycles. The van der Waals surface area contributed by atoms with Crippen LogP contribution in [0.1, 0.15) is 35.7 Å². The first kappa shape index (κ1) is 14.6. The van der Waals surface area contributed by atoms with Gasteiger partial charge in [0.05, 0.1) is 11.7 Å². The Labute approximate surface area is 129 Å². The molecule has 0 fully saturated rings. The van der Waals surface area contributed by atoms with Crippen LogP contribution in [0, 0.1) is 5.92 Å². The molecule has 1 aromatic heterocycles. The molecule has 22 heavy (non-hydrogen) atoms. The molecular weight excluding hydrogens is 280 g/mol. The summed E-state index contributed by atoms with van der Waals surface area (Å²) in [5.74, 6) is 1.39. The molecule has 1 aliphatic rings. The zero-order chi connectivity index (χ0) is 15.5. The van der Waals surface area contributed by atoms with Crippen molar-refractivity contribution in [2.75, 3.05) is 6.61 Å². The van der Waals surface area contributed by atoms with E-state index in [1.54, 1.807) is 6.07 Å². The average molecular weight is 300 g/mol. The highest BCUT2D eigenvalue weighted by molar-refractivity contribution is 5.91. The lowest BCUT2D eigenvalue weighted by atomic mass is 10.0. The van der Waals surface area contributed by atoms with Crippen LogP contribution in [0.15, 0.2) is 34.9 Å². The smallest absolute Gasteiger partial charge is 0.290 e. The fourth-order valence-corrected chi connectivity index (χ4v) is 2.61. The summed E-state index contributed by atoms with van der Waals surface area (Å²) in [6.45, 7) is 4.67. The van der Waals surface area contributed by atoms with Crippen LogP contribution < -0.4 is 10.1 Å². The van der Waals surface area contributed by atoms with Crippen molar-refractivity contribution in [1.29, 1.82) is 0 Å². The summed E-state index contributed by atoms with van der Waals surface area (Å²) < 4.78 is 10.8. The number of nitrogens with zero attached hydrogens (tertiary/aromatic N) is 1. The van der Waals surface area contributed by atoms with Crippen molar-refractivity contribution in [3.05, 3.63) is 47.3 Å². The van der Waals surface area contributed by atoms with Gasteiger partial charge in [-0.25, -0.2) is 0 Å². The normalized spacial score (nSPS) is 17.0. The Morgan fingerprint density at radius 2 is 2.23 bits per heavy atom. The number of aromatic nitrogens is 1. The third-order valence-electron chi connectivity index (χ3n) is 3.61. The minimum atomic E-state index is -0.240. The average Bonchev–Trinajstić information content (AvgIpc) is 2.95. The van der Waals surface area contributed by atoms with E-state index in [0.29, 0.717) is 12.5 Å². The van der Waals surface area contributed by atoms with E-state index in [2.05, 4.69) is 24.3 Å². The van der Waals surface area contributed by atoms with E-state index in [1.165, 1.54) is 0 Å². The van der Waals surface area contributed by atoms with Crippen molar-refractivity contribution in [2.45, 2.75) is 32.7 Å². The molecule has 5 nitrogen and oxygen atoms in total. The van der Waals surface area contributed by atoms with Crippen LogP contribution in [0.25, 0.3) is 0 Å². The summed E-state index contributed by atoms with van der Waals surface area (Å²) in [6, 6.07) is 9.54. The number of nitrogens with one attached hydrogen (secondary N) is 1. The summed E-state index contributed by atoms with van der Waals surface area (Å²) in [4.78, 5) is 12.2. The number of hydrogen-bond donors (Lipinski definition) is 1. The molecule has 0 radical (unpaired) electrons. The van der Waals surface area contributed by atoms with Gasteiger partial charge in [0.15, 0.2) is 0 Å². The van der Waals surface area contributed by atoms with Crippen LogP contribution in [0.4, 0.5) is 0 Å². The van der Waals surface area contributed by atoms with E-state index in [-0.39, 0.29) is 17.7 Å². The Morgan fingerprint density at radius 1 is 1.41 bits per heavy atom. The predicted molar refractivity (Wildman–Crippen MR) is 81.9 cm³/mol. The van der Waals surface area contributed by atoms with Gasteiger partial charge in [-0.15, -0.1) is 0 Å². The standard InChI is InChI=1S/C17H20N2O3/c1-11(2)7-13-9-16(22-19-13)17(20)18-14-8-12-5-3-4-6-15(12)21-10-14/h3-6,9,11,14H,7-8,10H2,1-2H3,(H,18,20)/t14-/m1/s1. The van der Waals surface area contributed by atoms with Crippen LogP contribution in [0.2, 0.25) is 0 Å². The molecule has 1 N–H and O–H groups in total. The van der Waals surface area contributed by atoms with Gasteiger partial charge in [0.2, 0.25) is 5.76 Å². The molecule has 0 spiro atoms. The number of carbonyl (C=O) groups is 1. The Kier molecular flexibility index (Phi) is 4.13. The van der Waals surface area contributed by atoms with Gasteiger partial charge in [-0.1, -0.05) is 37.2 Å². The maximum Gasteiger partial charge on any atom is 0.290 e. The lowest BCUT2D eigenvalue weighted by Crippen LogP contribution is -2.42. The molecule has 0 unspecified atom stereocenters. The van der Waals surface area contributed by atoms with Crippen LogP contribution in [0.5, 0.6) is 5.75 Å². The van der Waals surface area contributed by atoms with Crippen molar-refractivity contribution in [3.63, 3.8) is 0 Å². The van der Waals surface area contributed by atoms with Gasteiger partial charge in [-0.05, 0) is 30.4 Å². The molecule has 1 aliphatic heterocycles. The van der Waals surface area contributed by atoms with Gasteiger partial charge in [-0.3, -0.25) is 4.79 Å². The number of ether oxygens (including phenoxy) is 1. The second kappa shape index (κ2) is 6.22. The molecule has 5 heteroatoms. The van der Waals surface area contributed by atoms with Crippen molar-refractivity contribution < 1.29 is 14.1 Å². The number of carbonyl (C=O) groups excluding carboxylic acids is 1. The minimum Gasteiger partial charge on any atom is -0.491 e. The molecule has 0 saturated carbocycles. The maximum atomic E-state index is 12.2. The second-order valence-corrected chi connectivity index (χ2v) is 6.07. The maximum absolute atomic E-state index is 12.2. The van der Waals surface area contributed by atoms with Gasteiger partial charge < -0.3 is 14.6 Å². The molecule has 0 bridgehead atoms. The summed E-state index contributed by atoms with van der Waals surface area (Å²) in [7, 11) is 0. The number of hydrogen-bond acceptors (Lipinski definition) is 4. The lowest BCUT2D eigenvalue weighted by molar-refractivity contribution is 0.0878. The first-order valence-electron chi connectivity index (χ1n) is 7.59. The fourth-order valence-electron chi connectivity index (χ4n) is 2.61. The van der Waals surface area contributed by atoms with E-state index in [9.17, 15) is 4.79 Å². The monoisotopic (exact) mass is 300 g/mol. The van der Waals surface area contributed by atoms with Crippen LogP contribution >= 0.6 is 0 Å². The number of fused-ring (bicyclic) bond motifs is 1. The zero-order valence-electron chi connectivity index (χ0n) is 12.8. The number of rotatable bonds is 4. The van der Waals surface area contributed by atoms with Gasteiger partial charge >= 0.3 is 0 Å². The zero-order valence-corrected chi connectivity index (χ0v) is 12.8. The van der Waals surface area contributed by atoms with Gasteiger partial charge in [0, 0.05) is 6.07 Å². The number of amides is 1. The first-order valence-corrected chi connectivity index (χ1v) is 7.59. The van der Waals surface area contributed by atoms with Crippen molar-refractivity contribution in [2.24, 2.45) is 5.92 Å². The quantitative estimate of drug-likeness (QED) is 0.942. The highest BCUT2D eigenvalue weighted by Crippen LogP contribution is 2.24. The summed E-state index contributed by atoms with van der Waals surface area (Å²) in [5.41, 5.74) is 1.92. The van der Waals surface area contributed by atoms with Gasteiger partial charge in [-0.2, -0.15) is 0 Å². The molecule has 1 aromatic carbocycles. The van der Waals surface area contributed by atoms with Crippen molar-refractivity contribution in [1.82, 2.24) is 10.5 Å². The van der Waals surface area contributed by atoms with E-state index in [1.807, 2.05) is 24.3 Å². The summed E-state index contributed by atoms with van der Waals surface area (Å²) in [5, 5.41) is 6.88. The summed E-state index contributed by atoms with van der Waals surface area (Å²) in [6.07, 6.45) is 1.56. The van der Waals surface area contributed by atoms with Crippen LogP contribution in [-0.4, -0.2) is 23.7 Å². The third kappa shape index (κ3) is 3.30. The first-order chi connectivity index (χ1) is 10.6. The molecule has 2 heterocycles.